The molecule has 0 aliphatic heterocycles. The second-order valence-electron chi connectivity index (χ2n) is 5.46. The summed E-state index contributed by atoms with van der Waals surface area (Å²) in [6.45, 7) is 6.03. The molecule has 1 aromatic carbocycles. The van der Waals surface area contributed by atoms with E-state index in [4.69, 9.17) is 16.7 Å². The second kappa shape index (κ2) is 7.90. The van der Waals surface area contributed by atoms with Crippen LogP contribution in [0.2, 0.25) is 5.02 Å². The molecule has 0 heterocycles. The lowest BCUT2D eigenvalue weighted by Gasteiger charge is -2.10. The van der Waals surface area contributed by atoms with Crippen molar-refractivity contribution in [1.29, 1.82) is 0 Å². The standard InChI is InChI=1S/C17H21ClO4/c1-10(2)5-4-6-11(3)7-8-12-15(19)13(17(21)22)9-14(18)16(12)20/h5,7,9,19-20H,4,6,8H2,1-3H3,(H,21,22)/b11-7+. The van der Waals surface area contributed by atoms with Crippen LogP contribution in [0, 0.1) is 0 Å². The maximum absolute atomic E-state index is 11.1. The van der Waals surface area contributed by atoms with Gasteiger partial charge in [0.25, 0.3) is 0 Å². The van der Waals surface area contributed by atoms with Crippen LogP contribution in [0.15, 0.2) is 29.4 Å². The van der Waals surface area contributed by atoms with E-state index in [1.807, 2.05) is 26.8 Å². The molecule has 120 valence electrons. The molecule has 0 aliphatic carbocycles. The van der Waals surface area contributed by atoms with E-state index in [1.165, 1.54) is 5.57 Å². The van der Waals surface area contributed by atoms with Gasteiger partial charge in [-0.05, 0) is 46.1 Å². The number of aromatic hydroxyl groups is 2. The first-order valence-electron chi connectivity index (χ1n) is 6.99. The van der Waals surface area contributed by atoms with Gasteiger partial charge < -0.3 is 15.3 Å². The molecule has 4 nitrogen and oxygen atoms in total. The average molecular weight is 325 g/mol. The zero-order valence-electron chi connectivity index (χ0n) is 13.0. The van der Waals surface area contributed by atoms with Crippen LogP contribution in [0.3, 0.4) is 0 Å². The van der Waals surface area contributed by atoms with Crippen LogP contribution in [0.4, 0.5) is 0 Å². The molecule has 1 rings (SSSR count). The smallest absolute Gasteiger partial charge is 0.339 e. The normalized spacial score (nSPS) is 11.4. The Morgan fingerprint density at radius 2 is 1.82 bits per heavy atom. The molecule has 0 saturated heterocycles. The highest BCUT2D eigenvalue weighted by atomic mass is 35.5. The fraction of sp³-hybridized carbons (Fsp3) is 0.353. The summed E-state index contributed by atoms with van der Waals surface area (Å²) in [6.07, 6.45) is 5.99. The van der Waals surface area contributed by atoms with E-state index in [1.54, 1.807) is 0 Å². The van der Waals surface area contributed by atoms with Crippen molar-refractivity contribution in [2.75, 3.05) is 0 Å². The van der Waals surface area contributed by atoms with E-state index in [-0.39, 0.29) is 28.3 Å². The molecule has 0 saturated carbocycles. The monoisotopic (exact) mass is 324 g/mol. The predicted molar refractivity (Wildman–Crippen MR) is 87.9 cm³/mol. The summed E-state index contributed by atoms with van der Waals surface area (Å²) in [4.78, 5) is 11.1. The molecule has 3 N–H and O–H groups in total. The van der Waals surface area contributed by atoms with E-state index in [9.17, 15) is 15.0 Å². The topological polar surface area (TPSA) is 77.8 Å². The first-order valence-corrected chi connectivity index (χ1v) is 7.37. The van der Waals surface area contributed by atoms with Gasteiger partial charge >= 0.3 is 5.97 Å². The Labute approximate surface area is 135 Å². The van der Waals surface area contributed by atoms with Crippen LogP contribution in [0.5, 0.6) is 11.5 Å². The third-order valence-corrected chi connectivity index (χ3v) is 3.59. The van der Waals surface area contributed by atoms with Gasteiger partial charge in [-0.3, -0.25) is 0 Å². The lowest BCUT2D eigenvalue weighted by Crippen LogP contribution is -2.00. The summed E-state index contributed by atoms with van der Waals surface area (Å²) in [5.41, 5.74) is 2.16. The molecule has 0 radical (unpaired) electrons. The van der Waals surface area contributed by atoms with Gasteiger partial charge in [-0.2, -0.15) is 0 Å². The van der Waals surface area contributed by atoms with Gasteiger partial charge in [0.1, 0.15) is 17.1 Å². The largest absolute Gasteiger partial charge is 0.507 e. The second-order valence-corrected chi connectivity index (χ2v) is 5.87. The molecule has 0 spiro atoms. The minimum Gasteiger partial charge on any atom is -0.507 e. The lowest BCUT2D eigenvalue weighted by molar-refractivity contribution is 0.0693. The molecule has 0 aliphatic rings. The number of carboxylic acid groups (broad SMARTS) is 1. The number of rotatable bonds is 6. The predicted octanol–water partition coefficient (Wildman–Crippen LogP) is 4.68. The van der Waals surface area contributed by atoms with Crippen LogP contribution in [-0.4, -0.2) is 21.3 Å². The number of phenolic OH excluding ortho intramolecular Hbond substituents is 1. The molecule has 0 aromatic heterocycles. The SMILES string of the molecule is CC(C)=CCC/C(C)=C/Cc1c(O)c(Cl)cc(C(=O)O)c1O. The first kappa shape index (κ1) is 18.1. The number of benzene rings is 1. The lowest BCUT2D eigenvalue weighted by atomic mass is 10.0. The third kappa shape index (κ3) is 4.81. The maximum Gasteiger partial charge on any atom is 0.339 e. The molecule has 1 aromatic rings. The molecule has 0 unspecified atom stereocenters. The van der Waals surface area contributed by atoms with Crippen molar-refractivity contribution in [2.45, 2.75) is 40.0 Å². The fourth-order valence-corrected chi connectivity index (χ4v) is 2.23. The van der Waals surface area contributed by atoms with E-state index >= 15 is 0 Å². The summed E-state index contributed by atoms with van der Waals surface area (Å²) < 4.78 is 0. The van der Waals surface area contributed by atoms with Crippen molar-refractivity contribution in [3.8, 4) is 11.5 Å². The summed E-state index contributed by atoms with van der Waals surface area (Å²) in [5, 5.41) is 28.9. The molecule has 5 heteroatoms. The van der Waals surface area contributed by atoms with Crippen LogP contribution in [0.25, 0.3) is 0 Å². The molecular formula is C17H21ClO4. The van der Waals surface area contributed by atoms with Crippen molar-refractivity contribution in [3.63, 3.8) is 0 Å². The average Bonchev–Trinajstić information content (AvgIpc) is 2.42. The Balaban J connectivity index is 2.98. The highest BCUT2D eigenvalue weighted by Crippen LogP contribution is 2.37. The van der Waals surface area contributed by atoms with E-state index < -0.39 is 11.7 Å². The highest BCUT2D eigenvalue weighted by molar-refractivity contribution is 6.32. The highest BCUT2D eigenvalue weighted by Gasteiger charge is 2.19. The Hall–Kier alpha value is -1.94. The number of hydrogen-bond acceptors (Lipinski definition) is 3. The Bertz CT molecular complexity index is 626. The number of aromatic carboxylic acids is 1. The summed E-state index contributed by atoms with van der Waals surface area (Å²) in [7, 11) is 0. The van der Waals surface area contributed by atoms with Crippen molar-refractivity contribution in [1.82, 2.24) is 0 Å². The Morgan fingerprint density at radius 1 is 1.18 bits per heavy atom. The van der Waals surface area contributed by atoms with Gasteiger partial charge in [-0.15, -0.1) is 0 Å². The quantitative estimate of drug-likeness (QED) is 0.664. The number of halogens is 1. The summed E-state index contributed by atoms with van der Waals surface area (Å²) >= 11 is 5.82. The molecule has 0 atom stereocenters. The van der Waals surface area contributed by atoms with E-state index in [2.05, 4.69) is 6.08 Å². The van der Waals surface area contributed by atoms with Crippen molar-refractivity contribution in [2.24, 2.45) is 0 Å². The van der Waals surface area contributed by atoms with E-state index in [0.717, 1.165) is 24.5 Å². The molecule has 22 heavy (non-hydrogen) atoms. The maximum atomic E-state index is 11.1. The number of hydrogen-bond donors (Lipinski definition) is 3. The van der Waals surface area contributed by atoms with Gasteiger partial charge in [-0.25, -0.2) is 4.79 Å². The van der Waals surface area contributed by atoms with Crippen molar-refractivity contribution < 1.29 is 20.1 Å². The molecule has 0 fully saturated rings. The number of carbonyl (C=O) groups is 1. The zero-order chi connectivity index (χ0) is 16.9. The summed E-state index contributed by atoms with van der Waals surface area (Å²) in [6, 6.07) is 1.05. The van der Waals surface area contributed by atoms with Crippen molar-refractivity contribution in [3.05, 3.63) is 45.5 Å². The van der Waals surface area contributed by atoms with Crippen molar-refractivity contribution >= 4 is 17.6 Å². The van der Waals surface area contributed by atoms with Crippen LogP contribution in [0.1, 0.15) is 49.5 Å². The number of carboxylic acids is 1. The van der Waals surface area contributed by atoms with Gasteiger partial charge in [0.2, 0.25) is 0 Å². The van der Waals surface area contributed by atoms with Gasteiger partial charge in [0.05, 0.1) is 5.02 Å². The first-order chi connectivity index (χ1) is 10.2. The van der Waals surface area contributed by atoms with E-state index in [0.29, 0.717) is 0 Å². The minimum absolute atomic E-state index is 0.0826. The zero-order valence-corrected chi connectivity index (χ0v) is 13.7. The third-order valence-electron chi connectivity index (χ3n) is 3.30. The van der Waals surface area contributed by atoms with Crippen LogP contribution >= 0.6 is 11.6 Å². The van der Waals surface area contributed by atoms with Gasteiger partial charge in [0, 0.05) is 5.56 Å². The number of phenols is 2. The number of allylic oxidation sites excluding steroid dienone is 4. The van der Waals surface area contributed by atoms with Crippen LogP contribution in [-0.2, 0) is 6.42 Å². The molecular weight excluding hydrogens is 304 g/mol. The Morgan fingerprint density at radius 3 is 2.36 bits per heavy atom. The minimum atomic E-state index is -1.29. The van der Waals surface area contributed by atoms with Gasteiger partial charge in [-0.1, -0.05) is 34.9 Å². The fourth-order valence-electron chi connectivity index (χ4n) is 2.01. The summed E-state index contributed by atoms with van der Waals surface area (Å²) in [5.74, 6) is -2.01. The van der Waals surface area contributed by atoms with Crippen LogP contribution < -0.4 is 0 Å². The molecule has 0 bridgehead atoms. The Kier molecular flexibility index (Phi) is 6.50. The molecule has 0 amide bonds. The van der Waals surface area contributed by atoms with Gasteiger partial charge in [0.15, 0.2) is 0 Å².